The lowest BCUT2D eigenvalue weighted by molar-refractivity contribution is -0.123. The van der Waals surface area contributed by atoms with E-state index in [0.29, 0.717) is 24.6 Å². The number of amides is 1. The highest BCUT2D eigenvalue weighted by Crippen LogP contribution is 2.29. The molecule has 5 nitrogen and oxygen atoms in total. The molecule has 0 unspecified atom stereocenters. The molecule has 0 atom stereocenters. The summed E-state index contributed by atoms with van der Waals surface area (Å²) in [5.41, 5.74) is 7.25. The Hall–Kier alpha value is -1.27. The number of nitrogens with one attached hydrogen (secondary N) is 1. The maximum absolute atomic E-state index is 11.5. The number of carbonyl (C=O) groups is 1. The van der Waals surface area contributed by atoms with Gasteiger partial charge in [0.2, 0.25) is 0 Å². The SMILES string of the molecule is COCCCNC(=O)COc1c(C)cc(Br)cc1N. The minimum Gasteiger partial charge on any atom is -0.481 e. The van der Waals surface area contributed by atoms with Gasteiger partial charge in [-0.25, -0.2) is 0 Å². The van der Waals surface area contributed by atoms with Gasteiger partial charge in [-0.2, -0.15) is 0 Å². The van der Waals surface area contributed by atoms with Crippen LogP contribution in [0.2, 0.25) is 0 Å². The van der Waals surface area contributed by atoms with Crippen molar-refractivity contribution in [2.45, 2.75) is 13.3 Å². The zero-order valence-corrected chi connectivity index (χ0v) is 12.7. The molecule has 0 fully saturated rings. The Balaban J connectivity index is 2.42. The third-order valence-electron chi connectivity index (χ3n) is 2.46. The first-order chi connectivity index (χ1) is 9.04. The van der Waals surface area contributed by atoms with E-state index in [1.54, 1.807) is 13.2 Å². The Bertz CT molecular complexity index is 415. The Morgan fingerprint density at radius 1 is 1.47 bits per heavy atom. The number of rotatable bonds is 7. The van der Waals surface area contributed by atoms with Gasteiger partial charge in [0.05, 0.1) is 5.69 Å². The first kappa shape index (κ1) is 15.8. The molecular weight excluding hydrogens is 312 g/mol. The fourth-order valence-corrected chi connectivity index (χ4v) is 2.18. The van der Waals surface area contributed by atoms with Crippen LogP contribution in [-0.4, -0.2) is 32.8 Å². The fraction of sp³-hybridized carbons (Fsp3) is 0.462. The van der Waals surface area contributed by atoms with Crippen LogP contribution in [0.25, 0.3) is 0 Å². The number of aryl methyl sites for hydroxylation is 1. The molecule has 1 amide bonds. The van der Waals surface area contributed by atoms with E-state index in [1.807, 2.05) is 13.0 Å². The van der Waals surface area contributed by atoms with Crippen molar-refractivity contribution in [3.8, 4) is 5.75 Å². The van der Waals surface area contributed by atoms with Gasteiger partial charge in [-0.15, -0.1) is 0 Å². The smallest absolute Gasteiger partial charge is 0.257 e. The highest BCUT2D eigenvalue weighted by molar-refractivity contribution is 9.10. The molecular formula is C13H19BrN2O3. The van der Waals surface area contributed by atoms with Crippen molar-refractivity contribution >= 4 is 27.5 Å². The predicted octanol–water partition coefficient (Wildman–Crippen LogP) is 1.87. The molecule has 0 bridgehead atoms. The molecule has 6 heteroatoms. The van der Waals surface area contributed by atoms with Crippen LogP contribution in [0.3, 0.4) is 0 Å². The second kappa shape index (κ2) is 8.01. The van der Waals surface area contributed by atoms with Gasteiger partial charge in [0, 0.05) is 24.7 Å². The van der Waals surface area contributed by atoms with Crippen LogP contribution in [0.1, 0.15) is 12.0 Å². The molecule has 3 N–H and O–H groups in total. The summed E-state index contributed by atoms with van der Waals surface area (Å²) >= 11 is 3.35. The Kier molecular flexibility index (Phi) is 6.66. The zero-order valence-electron chi connectivity index (χ0n) is 11.2. The molecule has 1 aromatic carbocycles. The Morgan fingerprint density at radius 3 is 2.84 bits per heavy atom. The van der Waals surface area contributed by atoms with Gasteiger partial charge >= 0.3 is 0 Å². The van der Waals surface area contributed by atoms with Crippen LogP contribution in [0.15, 0.2) is 16.6 Å². The molecule has 106 valence electrons. The number of nitrogens with two attached hydrogens (primary N) is 1. The normalized spacial score (nSPS) is 10.3. The molecule has 0 saturated carbocycles. The summed E-state index contributed by atoms with van der Waals surface area (Å²) < 4.78 is 11.2. The summed E-state index contributed by atoms with van der Waals surface area (Å²) in [5.74, 6) is 0.382. The molecule has 19 heavy (non-hydrogen) atoms. The fourth-order valence-electron chi connectivity index (χ4n) is 1.59. The van der Waals surface area contributed by atoms with Gasteiger partial charge in [0.1, 0.15) is 5.75 Å². The van der Waals surface area contributed by atoms with Gasteiger partial charge in [0.25, 0.3) is 5.91 Å². The van der Waals surface area contributed by atoms with Crippen molar-refractivity contribution in [3.05, 3.63) is 22.2 Å². The summed E-state index contributed by atoms with van der Waals surface area (Å²) in [6, 6.07) is 3.64. The van der Waals surface area contributed by atoms with E-state index in [2.05, 4.69) is 21.2 Å². The second-order valence-electron chi connectivity index (χ2n) is 4.13. The van der Waals surface area contributed by atoms with Gasteiger partial charge in [-0.1, -0.05) is 15.9 Å². The summed E-state index contributed by atoms with van der Waals surface area (Å²) in [6.45, 7) is 3.04. The zero-order chi connectivity index (χ0) is 14.3. The van der Waals surface area contributed by atoms with Crippen LogP contribution in [-0.2, 0) is 9.53 Å². The molecule has 0 aromatic heterocycles. The molecule has 0 aliphatic heterocycles. The number of nitrogen functional groups attached to an aromatic ring is 1. The van der Waals surface area contributed by atoms with Gasteiger partial charge in [0.15, 0.2) is 6.61 Å². The van der Waals surface area contributed by atoms with E-state index in [4.69, 9.17) is 15.2 Å². The van der Waals surface area contributed by atoms with Crippen LogP contribution in [0, 0.1) is 6.92 Å². The number of hydrogen-bond acceptors (Lipinski definition) is 4. The topological polar surface area (TPSA) is 73.6 Å². The lowest BCUT2D eigenvalue weighted by Gasteiger charge is -2.12. The minimum atomic E-state index is -0.169. The maximum Gasteiger partial charge on any atom is 0.257 e. The van der Waals surface area contributed by atoms with E-state index >= 15 is 0 Å². The van der Waals surface area contributed by atoms with Crippen molar-refractivity contribution in [1.82, 2.24) is 5.32 Å². The van der Waals surface area contributed by atoms with Gasteiger partial charge in [-0.3, -0.25) is 4.79 Å². The standard InChI is InChI=1S/C13H19BrN2O3/c1-9-6-10(14)7-11(15)13(9)19-8-12(17)16-4-3-5-18-2/h6-7H,3-5,8,15H2,1-2H3,(H,16,17). The minimum absolute atomic E-state index is 0.0420. The average Bonchev–Trinajstić information content (AvgIpc) is 2.33. The molecule has 0 heterocycles. The second-order valence-corrected chi connectivity index (χ2v) is 5.04. The number of carbonyl (C=O) groups excluding carboxylic acids is 1. The number of hydrogen-bond donors (Lipinski definition) is 2. The molecule has 0 spiro atoms. The van der Waals surface area contributed by atoms with Crippen molar-refractivity contribution in [2.24, 2.45) is 0 Å². The number of methoxy groups -OCH3 is 1. The predicted molar refractivity (Wildman–Crippen MR) is 78.3 cm³/mol. The first-order valence-electron chi connectivity index (χ1n) is 5.98. The van der Waals surface area contributed by atoms with Gasteiger partial charge < -0.3 is 20.5 Å². The molecule has 0 aliphatic rings. The molecule has 0 radical (unpaired) electrons. The quantitative estimate of drug-likeness (QED) is 0.591. The Labute approximate surface area is 121 Å². The average molecular weight is 331 g/mol. The lowest BCUT2D eigenvalue weighted by Crippen LogP contribution is -2.30. The van der Waals surface area contributed by atoms with Crippen molar-refractivity contribution in [3.63, 3.8) is 0 Å². The van der Waals surface area contributed by atoms with E-state index in [1.165, 1.54) is 0 Å². The van der Waals surface area contributed by atoms with Crippen molar-refractivity contribution in [2.75, 3.05) is 32.6 Å². The number of anilines is 1. The number of benzene rings is 1. The van der Waals surface area contributed by atoms with Crippen LogP contribution >= 0.6 is 15.9 Å². The van der Waals surface area contributed by atoms with E-state index in [9.17, 15) is 4.79 Å². The van der Waals surface area contributed by atoms with Crippen LogP contribution in [0.5, 0.6) is 5.75 Å². The number of ether oxygens (including phenoxy) is 2. The van der Waals surface area contributed by atoms with Gasteiger partial charge in [-0.05, 0) is 31.0 Å². The van der Waals surface area contributed by atoms with Crippen LogP contribution < -0.4 is 15.8 Å². The third-order valence-corrected chi connectivity index (χ3v) is 2.92. The number of halogens is 1. The van der Waals surface area contributed by atoms with Crippen LogP contribution in [0.4, 0.5) is 5.69 Å². The lowest BCUT2D eigenvalue weighted by atomic mass is 10.2. The van der Waals surface area contributed by atoms with Crippen molar-refractivity contribution < 1.29 is 14.3 Å². The maximum atomic E-state index is 11.5. The van der Waals surface area contributed by atoms with E-state index in [-0.39, 0.29) is 12.5 Å². The first-order valence-corrected chi connectivity index (χ1v) is 6.78. The Morgan fingerprint density at radius 2 is 2.21 bits per heavy atom. The van der Waals surface area contributed by atoms with Crippen molar-refractivity contribution in [1.29, 1.82) is 0 Å². The molecule has 1 rings (SSSR count). The molecule has 1 aromatic rings. The summed E-state index contributed by atoms with van der Waals surface area (Å²) in [4.78, 5) is 11.5. The molecule has 0 saturated heterocycles. The summed E-state index contributed by atoms with van der Waals surface area (Å²) in [5, 5.41) is 2.74. The largest absolute Gasteiger partial charge is 0.481 e. The summed E-state index contributed by atoms with van der Waals surface area (Å²) in [6.07, 6.45) is 0.779. The highest BCUT2D eigenvalue weighted by atomic mass is 79.9. The van der Waals surface area contributed by atoms with E-state index < -0.39 is 0 Å². The highest BCUT2D eigenvalue weighted by Gasteiger charge is 2.08. The molecule has 0 aliphatic carbocycles. The third kappa shape index (κ3) is 5.48. The monoisotopic (exact) mass is 330 g/mol. The van der Waals surface area contributed by atoms with E-state index in [0.717, 1.165) is 16.5 Å². The summed E-state index contributed by atoms with van der Waals surface area (Å²) in [7, 11) is 1.63.